The van der Waals surface area contributed by atoms with Crippen LogP contribution in [0.3, 0.4) is 0 Å². The molecule has 0 aliphatic heterocycles. The second-order valence-corrected chi connectivity index (χ2v) is 4.20. The van der Waals surface area contributed by atoms with Crippen molar-refractivity contribution in [1.82, 2.24) is 9.97 Å². The van der Waals surface area contributed by atoms with Crippen LogP contribution in [-0.4, -0.2) is 9.97 Å². The number of benzene rings is 1. The fourth-order valence-electron chi connectivity index (χ4n) is 1.37. The molecule has 1 aromatic heterocycles. The molecule has 0 bridgehead atoms. The number of nitrogens with zero attached hydrogens (tertiary/aromatic N) is 2. The van der Waals surface area contributed by atoms with Crippen molar-refractivity contribution in [2.75, 3.05) is 0 Å². The molecule has 72 valence electrons. The highest BCUT2D eigenvalue weighted by Crippen LogP contribution is 2.20. The molecule has 0 saturated carbocycles. The van der Waals surface area contributed by atoms with Crippen molar-refractivity contribution in [3.8, 4) is 0 Å². The summed E-state index contributed by atoms with van der Waals surface area (Å²) in [5.74, 6) is 1.03. The molecule has 0 aliphatic rings. The zero-order chi connectivity index (χ0) is 10.1. The van der Waals surface area contributed by atoms with E-state index in [2.05, 4.69) is 25.9 Å². The van der Waals surface area contributed by atoms with Gasteiger partial charge in [-0.15, -0.1) is 11.6 Å². The van der Waals surface area contributed by atoms with Crippen molar-refractivity contribution in [1.29, 1.82) is 0 Å². The fourth-order valence-corrected chi connectivity index (χ4v) is 1.85. The first-order valence-electron chi connectivity index (χ1n) is 4.19. The lowest BCUT2D eigenvalue weighted by molar-refractivity contribution is 1.03. The molecule has 0 unspecified atom stereocenters. The zero-order valence-electron chi connectivity index (χ0n) is 7.59. The van der Waals surface area contributed by atoms with Gasteiger partial charge >= 0.3 is 0 Å². The van der Waals surface area contributed by atoms with Crippen molar-refractivity contribution >= 4 is 38.4 Å². The second kappa shape index (κ2) is 3.83. The molecule has 0 aliphatic carbocycles. The van der Waals surface area contributed by atoms with Gasteiger partial charge in [-0.2, -0.15) is 0 Å². The third-order valence-electron chi connectivity index (χ3n) is 2.01. The Balaban J connectivity index is 2.76. The minimum atomic E-state index is 0.354. The van der Waals surface area contributed by atoms with Gasteiger partial charge in [0, 0.05) is 15.6 Å². The van der Waals surface area contributed by atoms with Crippen LogP contribution in [0.15, 0.2) is 22.7 Å². The summed E-state index contributed by atoms with van der Waals surface area (Å²) in [5.41, 5.74) is 1.91. The quantitative estimate of drug-likeness (QED) is 0.743. The van der Waals surface area contributed by atoms with Gasteiger partial charge in [0.25, 0.3) is 0 Å². The number of aromatic nitrogens is 2. The lowest BCUT2D eigenvalue weighted by Crippen LogP contribution is -1.95. The average molecular weight is 272 g/mol. The largest absolute Gasteiger partial charge is 0.236 e. The molecule has 2 rings (SSSR count). The van der Waals surface area contributed by atoms with Crippen LogP contribution in [0.4, 0.5) is 0 Å². The predicted octanol–water partition coefficient (Wildman–Crippen LogP) is 3.44. The van der Waals surface area contributed by atoms with Gasteiger partial charge in [0.1, 0.15) is 5.82 Å². The van der Waals surface area contributed by atoms with Crippen molar-refractivity contribution in [3.05, 3.63) is 34.2 Å². The van der Waals surface area contributed by atoms with Crippen LogP contribution < -0.4 is 0 Å². The molecular formula is C10H8BrClN2. The van der Waals surface area contributed by atoms with Crippen LogP contribution in [0.1, 0.15) is 11.5 Å². The molecule has 0 fully saturated rings. The van der Waals surface area contributed by atoms with Gasteiger partial charge in [-0.1, -0.05) is 15.9 Å². The van der Waals surface area contributed by atoms with Gasteiger partial charge in [-0.05, 0) is 25.1 Å². The van der Waals surface area contributed by atoms with E-state index in [4.69, 9.17) is 11.6 Å². The van der Waals surface area contributed by atoms with E-state index in [1.54, 1.807) is 0 Å². The number of alkyl halides is 1. The topological polar surface area (TPSA) is 25.8 Å². The Morgan fingerprint density at radius 3 is 2.86 bits per heavy atom. The Kier molecular flexibility index (Phi) is 2.70. The predicted molar refractivity (Wildman–Crippen MR) is 61.5 cm³/mol. The summed E-state index contributed by atoms with van der Waals surface area (Å²) < 4.78 is 1.04. The summed E-state index contributed by atoms with van der Waals surface area (Å²) in [4.78, 5) is 8.63. The SMILES string of the molecule is Cc1nc(CCl)nc2ccc(Br)cc12. The van der Waals surface area contributed by atoms with Crippen LogP contribution in [-0.2, 0) is 5.88 Å². The van der Waals surface area contributed by atoms with Gasteiger partial charge in [-0.25, -0.2) is 9.97 Å². The Morgan fingerprint density at radius 1 is 1.36 bits per heavy atom. The van der Waals surface area contributed by atoms with Crippen molar-refractivity contribution < 1.29 is 0 Å². The molecule has 0 N–H and O–H groups in total. The monoisotopic (exact) mass is 270 g/mol. The summed E-state index contributed by atoms with van der Waals surface area (Å²) in [5, 5.41) is 1.06. The van der Waals surface area contributed by atoms with Gasteiger partial charge in [-0.3, -0.25) is 0 Å². The number of hydrogen-bond acceptors (Lipinski definition) is 2. The van der Waals surface area contributed by atoms with E-state index in [0.29, 0.717) is 11.7 Å². The maximum Gasteiger partial charge on any atom is 0.144 e. The zero-order valence-corrected chi connectivity index (χ0v) is 9.93. The Hall–Kier alpha value is -0.670. The van der Waals surface area contributed by atoms with Crippen LogP contribution in [0.2, 0.25) is 0 Å². The molecule has 1 aromatic carbocycles. The highest BCUT2D eigenvalue weighted by molar-refractivity contribution is 9.10. The first-order valence-corrected chi connectivity index (χ1v) is 5.52. The molecule has 2 aromatic rings. The van der Waals surface area contributed by atoms with E-state index in [1.807, 2.05) is 25.1 Å². The molecule has 1 heterocycles. The van der Waals surface area contributed by atoms with Crippen molar-refractivity contribution in [2.24, 2.45) is 0 Å². The van der Waals surface area contributed by atoms with E-state index in [1.165, 1.54) is 0 Å². The second-order valence-electron chi connectivity index (χ2n) is 3.02. The summed E-state index contributed by atoms with van der Waals surface area (Å²) in [6.07, 6.45) is 0. The maximum atomic E-state index is 5.70. The molecule has 4 heteroatoms. The van der Waals surface area contributed by atoms with Crippen LogP contribution >= 0.6 is 27.5 Å². The van der Waals surface area contributed by atoms with Gasteiger partial charge in [0.15, 0.2) is 0 Å². The normalized spacial score (nSPS) is 10.8. The lowest BCUT2D eigenvalue weighted by Gasteiger charge is -2.03. The molecule has 0 atom stereocenters. The third kappa shape index (κ3) is 1.74. The van der Waals surface area contributed by atoms with E-state index in [0.717, 1.165) is 21.1 Å². The van der Waals surface area contributed by atoms with Crippen LogP contribution in [0, 0.1) is 6.92 Å². The van der Waals surface area contributed by atoms with Gasteiger partial charge in [0.05, 0.1) is 11.4 Å². The number of halogens is 2. The average Bonchev–Trinajstić information content (AvgIpc) is 2.19. The Bertz CT molecular complexity index is 485. The molecular weight excluding hydrogens is 263 g/mol. The standard InChI is InChI=1S/C10H8BrClN2/c1-6-8-4-7(11)2-3-9(8)14-10(5-12)13-6/h2-4H,5H2,1H3. The molecule has 14 heavy (non-hydrogen) atoms. The summed E-state index contributed by atoms with van der Waals surface area (Å²) in [6.45, 7) is 1.96. The molecule has 0 saturated heterocycles. The summed E-state index contributed by atoms with van der Waals surface area (Å²) >= 11 is 9.12. The molecule has 2 nitrogen and oxygen atoms in total. The van der Waals surface area contributed by atoms with E-state index >= 15 is 0 Å². The molecule has 0 spiro atoms. The Labute approximate surface area is 95.5 Å². The number of hydrogen-bond donors (Lipinski definition) is 0. The highest BCUT2D eigenvalue weighted by atomic mass is 79.9. The molecule has 0 radical (unpaired) electrons. The Morgan fingerprint density at radius 2 is 2.14 bits per heavy atom. The number of rotatable bonds is 1. The smallest absolute Gasteiger partial charge is 0.144 e. The third-order valence-corrected chi connectivity index (χ3v) is 2.75. The molecule has 0 amide bonds. The minimum Gasteiger partial charge on any atom is -0.236 e. The summed E-state index contributed by atoms with van der Waals surface area (Å²) in [7, 11) is 0. The van der Waals surface area contributed by atoms with Crippen molar-refractivity contribution in [2.45, 2.75) is 12.8 Å². The number of aryl methyl sites for hydroxylation is 1. The van der Waals surface area contributed by atoms with E-state index < -0.39 is 0 Å². The van der Waals surface area contributed by atoms with Gasteiger partial charge in [0.2, 0.25) is 0 Å². The fraction of sp³-hybridized carbons (Fsp3) is 0.200. The van der Waals surface area contributed by atoms with E-state index in [9.17, 15) is 0 Å². The maximum absolute atomic E-state index is 5.70. The summed E-state index contributed by atoms with van der Waals surface area (Å²) in [6, 6.07) is 5.94. The van der Waals surface area contributed by atoms with Crippen molar-refractivity contribution in [3.63, 3.8) is 0 Å². The minimum absolute atomic E-state index is 0.354. The first kappa shape index (κ1) is 9.87. The first-order chi connectivity index (χ1) is 6.70. The number of fused-ring (bicyclic) bond motifs is 1. The lowest BCUT2D eigenvalue weighted by atomic mass is 10.2. The van der Waals surface area contributed by atoms with Gasteiger partial charge < -0.3 is 0 Å². The van der Waals surface area contributed by atoms with Crippen LogP contribution in [0.5, 0.6) is 0 Å². The highest BCUT2D eigenvalue weighted by Gasteiger charge is 2.03. The van der Waals surface area contributed by atoms with Crippen LogP contribution in [0.25, 0.3) is 10.9 Å². The van der Waals surface area contributed by atoms with E-state index in [-0.39, 0.29) is 0 Å².